The van der Waals surface area contributed by atoms with Crippen molar-refractivity contribution in [3.63, 3.8) is 0 Å². The Morgan fingerprint density at radius 3 is 2.44 bits per heavy atom. The van der Waals surface area contributed by atoms with Gasteiger partial charge in [0.25, 0.3) is 5.91 Å². The van der Waals surface area contributed by atoms with Gasteiger partial charge in [-0.2, -0.15) is 0 Å². The Balaban J connectivity index is 1.63. The molecule has 1 aromatic rings. The minimum absolute atomic E-state index is 0.00609. The maximum Gasteiger partial charge on any atom is 0.342 e. The Labute approximate surface area is 144 Å². The van der Waals surface area contributed by atoms with Crippen LogP contribution in [0.2, 0.25) is 0 Å². The molecule has 1 saturated heterocycles. The first kappa shape index (κ1) is 17.5. The quantitative estimate of drug-likeness (QED) is 0.722. The molecule has 1 atom stereocenters. The van der Waals surface area contributed by atoms with Crippen LogP contribution in [0.25, 0.3) is 0 Å². The summed E-state index contributed by atoms with van der Waals surface area (Å²) >= 11 is 0. The summed E-state index contributed by atoms with van der Waals surface area (Å²) in [5.41, 5.74) is -0.160. The second kappa shape index (κ2) is 6.55. The summed E-state index contributed by atoms with van der Waals surface area (Å²) in [5, 5.41) is 18.9. The van der Waals surface area contributed by atoms with Crippen LogP contribution in [0, 0.1) is 0 Å². The van der Waals surface area contributed by atoms with E-state index in [9.17, 15) is 28.2 Å². The number of nitrogens with zero attached hydrogens (tertiary/aromatic N) is 1. The van der Waals surface area contributed by atoms with Crippen LogP contribution in [0.15, 0.2) is 18.2 Å². The molecule has 2 aliphatic rings. The van der Waals surface area contributed by atoms with Crippen molar-refractivity contribution in [1.82, 2.24) is 4.90 Å². The van der Waals surface area contributed by atoms with Gasteiger partial charge in [-0.1, -0.05) is 0 Å². The number of sulfone groups is 1. The third kappa shape index (κ3) is 4.04. The number of hydrogen-bond donors (Lipinski definition) is 2. The number of carbonyl (C=O) groups is 2. The number of phenolic OH excluding ortho intramolecular Hbond substituents is 2. The summed E-state index contributed by atoms with van der Waals surface area (Å²) < 4.78 is 28.3. The van der Waals surface area contributed by atoms with Crippen LogP contribution in [0.5, 0.6) is 11.5 Å². The molecule has 1 aliphatic carbocycles. The first-order chi connectivity index (χ1) is 11.8. The van der Waals surface area contributed by atoms with Gasteiger partial charge in [0.15, 0.2) is 16.4 Å². The van der Waals surface area contributed by atoms with Crippen molar-refractivity contribution in [2.45, 2.75) is 31.3 Å². The minimum Gasteiger partial charge on any atom is -0.508 e. The number of aromatic hydroxyl groups is 2. The number of rotatable bonds is 5. The number of carbonyl (C=O) groups excluding carboxylic acids is 2. The second-order valence-corrected chi connectivity index (χ2v) is 8.60. The van der Waals surface area contributed by atoms with E-state index in [1.807, 2.05) is 0 Å². The van der Waals surface area contributed by atoms with E-state index in [0.717, 1.165) is 18.9 Å². The van der Waals surface area contributed by atoms with Crippen LogP contribution in [0.1, 0.15) is 29.6 Å². The average molecular weight is 369 g/mol. The average Bonchev–Trinajstić information content (AvgIpc) is 3.29. The molecule has 0 bridgehead atoms. The molecule has 1 aliphatic heterocycles. The molecule has 8 nitrogen and oxygen atoms in total. The van der Waals surface area contributed by atoms with Gasteiger partial charge in [-0.3, -0.25) is 4.79 Å². The van der Waals surface area contributed by atoms with Gasteiger partial charge in [-0.15, -0.1) is 0 Å². The lowest BCUT2D eigenvalue weighted by Gasteiger charge is -2.28. The van der Waals surface area contributed by atoms with E-state index < -0.39 is 34.1 Å². The standard InChI is InChI=1S/C16H19NO7S/c18-12-3-4-13(14(19)7-12)16(21)24-8-15(20)17(10-1-2-10)11-5-6-25(22,23)9-11/h3-4,7,10-11,18-19H,1-2,5-6,8-9H2/t11-/m1/s1. The Kier molecular flexibility index (Phi) is 4.59. The lowest BCUT2D eigenvalue weighted by Crippen LogP contribution is -2.44. The third-order valence-electron chi connectivity index (χ3n) is 4.36. The van der Waals surface area contributed by atoms with Crippen LogP contribution < -0.4 is 0 Å². The predicted molar refractivity (Wildman–Crippen MR) is 87.0 cm³/mol. The third-order valence-corrected chi connectivity index (χ3v) is 6.11. The fourth-order valence-corrected chi connectivity index (χ4v) is 4.74. The zero-order chi connectivity index (χ0) is 18.2. The van der Waals surface area contributed by atoms with Crippen molar-refractivity contribution < 1.29 is 33.0 Å². The fourth-order valence-electron chi connectivity index (χ4n) is 3.03. The lowest BCUT2D eigenvalue weighted by molar-refractivity contribution is -0.137. The molecular weight excluding hydrogens is 350 g/mol. The van der Waals surface area contributed by atoms with Crippen molar-refractivity contribution in [3.8, 4) is 11.5 Å². The lowest BCUT2D eigenvalue weighted by atomic mass is 10.2. The van der Waals surface area contributed by atoms with Gasteiger partial charge in [0, 0.05) is 18.2 Å². The van der Waals surface area contributed by atoms with Gasteiger partial charge in [-0.25, -0.2) is 13.2 Å². The zero-order valence-corrected chi connectivity index (χ0v) is 14.2. The normalized spacial score (nSPS) is 21.7. The number of phenols is 2. The molecule has 1 amide bonds. The van der Waals surface area contributed by atoms with Crippen LogP contribution in [0.3, 0.4) is 0 Å². The highest BCUT2D eigenvalue weighted by Crippen LogP contribution is 2.32. The molecule has 1 heterocycles. The minimum atomic E-state index is -3.12. The molecule has 25 heavy (non-hydrogen) atoms. The largest absolute Gasteiger partial charge is 0.508 e. The highest BCUT2D eigenvalue weighted by atomic mass is 32.2. The number of benzene rings is 1. The molecule has 0 spiro atoms. The van der Waals surface area contributed by atoms with Crippen LogP contribution in [-0.2, 0) is 19.4 Å². The van der Waals surface area contributed by atoms with Gasteiger partial charge in [0.1, 0.15) is 17.1 Å². The van der Waals surface area contributed by atoms with E-state index in [2.05, 4.69) is 0 Å². The summed E-state index contributed by atoms with van der Waals surface area (Å²) in [7, 11) is -3.12. The summed E-state index contributed by atoms with van der Waals surface area (Å²) in [6.07, 6.45) is 2.03. The Morgan fingerprint density at radius 1 is 1.16 bits per heavy atom. The maximum atomic E-state index is 12.4. The molecule has 1 saturated carbocycles. The predicted octanol–water partition coefficient (Wildman–Crippen LogP) is 0.433. The van der Waals surface area contributed by atoms with E-state index in [1.165, 1.54) is 17.0 Å². The van der Waals surface area contributed by atoms with Gasteiger partial charge in [0.05, 0.1) is 11.5 Å². The van der Waals surface area contributed by atoms with Crippen LogP contribution in [0.4, 0.5) is 0 Å². The van der Waals surface area contributed by atoms with Gasteiger partial charge in [0.2, 0.25) is 0 Å². The summed E-state index contributed by atoms with van der Waals surface area (Å²) in [6, 6.07) is 3.05. The number of ether oxygens (including phenoxy) is 1. The van der Waals surface area contributed by atoms with Crippen molar-refractivity contribution in [2.24, 2.45) is 0 Å². The van der Waals surface area contributed by atoms with Crippen LogP contribution >= 0.6 is 0 Å². The van der Waals surface area contributed by atoms with E-state index in [-0.39, 0.29) is 34.9 Å². The van der Waals surface area contributed by atoms with E-state index in [1.54, 1.807) is 0 Å². The van der Waals surface area contributed by atoms with E-state index in [4.69, 9.17) is 4.74 Å². The van der Waals surface area contributed by atoms with Gasteiger partial charge in [-0.05, 0) is 31.4 Å². The number of esters is 1. The smallest absolute Gasteiger partial charge is 0.342 e. The number of amides is 1. The van der Waals surface area contributed by atoms with Gasteiger partial charge >= 0.3 is 5.97 Å². The Morgan fingerprint density at radius 2 is 1.88 bits per heavy atom. The number of hydrogen-bond acceptors (Lipinski definition) is 7. The fraction of sp³-hybridized carbons (Fsp3) is 0.500. The molecule has 0 radical (unpaired) electrons. The van der Waals surface area contributed by atoms with Crippen molar-refractivity contribution in [2.75, 3.05) is 18.1 Å². The molecular formula is C16H19NO7S. The Hall–Kier alpha value is -2.29. The monoisotopic (exact) mass is 369 g/mol. The first-order valence-electron chi connectivity index (χ1n) is 7.97. The maximum absolute atomic E-state index is 12.4. The molecule has 3 rings (SSSR count). The SMILES string of the molecule is O=C(OCC(=O)N(C1CC1)[C@@H]1CCS(=O)(=O)C1)c1ccc(O)cc1O. The first-order valence-corrected chi connectivity index (χ1v) is 9.79. The second-order valence-electron chi connectivity index (χ2n) is 6.37. The molecule has 0 aromatic heterocycles. The highest BCUT2D eigenvalue weighted by Gasteiger charge is 2.42. The molecule has 2 N–H and O–H groups in total. The molecule has 1 aromatic carbocycles. The highest BCUT2D eigenvalue weighted by molar-refractivity contribution is 7.91. The molecule has 0 unspecified atom stereocenters. The molecule has 9 heteroatoms. The summed E-state index contributed by atoms with van der Waals surface area (Å²) in [6.45, 7) is -0.522. The van der Waals surface area contributed by atoms with Crippen molar-refractivity contribution in [1.29, 1.82) is 0 Å². The summed E-state index contributed by atoms with van der Waals surface area (Å²) in [5.74, 6) is -1.96. The zero-order valence-electron chi connectivity index (χ0n) is 13.4. The van der Waals surface area contributed by atoms with Gasteiger partial charge < -0.3 is 19.8 Å². The topological polar surface area (TPSA) is 121 Å². The van der Waals surface area contributed by atoms with E-state index in [0.29, 0.717) is 6.42 Å². The Bertz CT molecular complexity index is 801. The van der Waals surface area contributed by atoms with E-state index >= 15 is 0 Å². The van der Waals surface area contributed by atoms with Crippen molar-refractivity contribution in [3.05, 3.63) is 23.8 Å². The van der Waals surface area contributed by atoms with Crippen molar-refractivity contribution >= 4 is 21.7 Å². The molecule has 2 fully saturated rings. The molecule has 136 valence electrons. The van der Waals surface area contributed by atoms with Crippen LogP contribution in [-0.4, -0.2) is 65.6 Å². The summed E-state index contributed by atoms with van der Waals surface area (Å²) in [4.78, 5) is 26.0.